The molecule has 0 aliphatic carbocycles. The minimum absolute atomic E-state index is 0.221. The number of aliphatic hydroxyl groups excluding tert-OH is 1. The zero-order valence-corrected chi connectivity index (χ0v) is 7.01. The number of benzene rings is 1. The Balaban J connectivity index is 2.78. The molecule has 1 unspecified atom stereocenters. The van der Waals surface area contributed by atoms with Gasteiger partial charge in [-0.3, -0.25) is 0 Å². The van der Waals surface area contributed by atoms with Crippen LogP contribution in [-0.4, -0.2) is 15.6 Å². The molecule has 1 aromatic rings. The molecule has 11 heavy (non-hydrogen) atoms. The number of hydrogen-bond acceptors (Lipinski definition) is 3. The van der Waals surface area contributed by atoms with Crippen LogP contribution in [0.5, 0.6) is 5.75 Å². The van der Waals surface area contributed by atoms with Crippen molar-refractivity contribution in [3.63, 3.8) is 0 Å². The number of para-hydroxylation sites is 1. The smallest absolute Gasteiger partial charge is 0.129 e. The summed E-state index contributed by atoms with van der Waals surface area (Å²) < 4.78 is 0. The molecule has 0 bridgehead atoms. The molecule has 2 N–H and O–H groups in total. The number of rotatable bonds is 2. The average molecular weight is 170 g/mol. The quantitative estimate of drug-likeness (QED) is 0.525. The summed E-state index contributed by atoms with van der Waals surface area (Å²) in [5, 5.41) is 18.2. The molecule has 60 valence electrons. The molecule has 1 rings (SSSR count). The highest BCUT2D eigenvalue weighted by Gasteiger charge is 2.02. The lowest BCUT2D eigenvalue weighted by atomic mass is 10.3. The van der Waals surface area contributed by atoms with Crippen molar-refractivity contribution in [3.05, 3.63) is 24.3 Å². The van der Waals surface area contributed by atoms with Crippen molar-refractivity contribution < 1.29 is 10.2 Å². The second-order valence-corrected chi connectivity index (χ2v) is 3.54. The molecule has 0 spiro atoms. The fourth-order valence-corrected chi connectivity index (χ4v) is 1.45. The van der Waals surface area contributed by atoms with Crippen LogP contribution >= 0.6 is 11.8 Å². The summed E-state index contributed by atoms with van der Waals surface area (Å²) in [7, 11) is 0. The van der Waals surface area contributed by atoms with Crippen LogP contribution in [0.15, 0.2) is 29.2 Å². The number of hydrogen-bond donors (Lipinski definition) is 2. The predicted molar refractivity (Wildman–Crippen MR) is 45.6 cm³/mol. The molecule has 0 saturated carbocycles. The molecule has 0 aliphatic rings. The summed E-state index contributed by atoms with van der Waals surface area (Å²) >= 11 is 1.23. The first-order valence-corrected chi connectivity index (χ1v) is 4.21. The fraction of sp³-hybridized carbons (Fsp3) is 0.250. The first-order valence-electron chi connectivity index (χ1n) is 3.33. The summed E-state index contributed by atoms with van der Waals surface area (Å²) in [6.45, 7) is 1.66. The Morgan fingerprint density at radius 2 is 2.00 bits per heavy atom. The second-order valence-electron chi connectivity index (χ2n) is 2.18. The monoisotopic (exact) mass is 170 g/mol. The van der Waals surface area contributed by atoms with Crippen molar-refractivity contribution in [3.8, 4) is 5.75 Å². The normalized spacial score (nSPS) is 12.9. The molecule has 0 heterocycles. The molecule has 3 heteroatoms. The van der Waals surface area contributed by atoms with E-state index in [0.29, 0.717) is 4.90 Å². The molecular weight excluding hydrogens is 160 g/mol. The molecule has 1 atom stereocenters. The minimum Gasteiger partial charge on any atom is -0.507 e. The van der Waals surface area contributed by atoms with Gasteiger partial charge in [-0.2, -0.15) is 0 Å². The maximum Gasteiger partial charge on any atom is 0.129 e. The first-order chi connectivity index (χ1) is 5.20. The Kier molecular flexibility index (Phi) is 2.79. The molecule has 0 amide bonds. The second kappa shape index (κ2) is 3.64. The van der Waals surface area contributed by atoms with E-state index >= 15 is 0 Å². The van der Waals surface area contributed by atoms with Crippen LogP contribution in [0.3, 0.4) is 0 Å². The molecular formula is C8H10O2S. The molecule has 0 radical (unpaired) electrons. The lowest BCUT2D eigenvalue weighted by Crippen LogP contribution is -1.90. The van der Waals surface area contributed by atoms with Crippen LogP contribution < -0.4 is 0 Å². The first kappa shape index (κ1) is 8.43. The molecule has 0 fully saturated rings. The summed E-state index contributed by atoms with van der Waals surface area (Å²) in [4.78, 5) is 0.711. The Morgan fingerprint density at radius 3 is 2.55 bits per heavy atom. The Bertz CT molecular complexity index is 235. The van der Waals surface area contributed by atoms with Crippen LogP contribution in [-0.2, 0) is 0 Å². The van der Waals surface area contributed by atoms with Crippen LogP contribution in [0.4, 0.5) is 0 Å². The van der Waals surface area contributed by atoms with Crippen molar-refractivity contribution in [2.75, 3.05) is 0 Å². The third kappa shape index (κ3) is 2.44. The zero-order valence-electron chi connectivity index (χ0n) is 6.19. The van der Waals surface area contributed by atoms with Crippen molar-refractivity contribution in [2.45, 2.75) is 17.3 Å². The topological polar surface area (TPSA) is 40.5 Å². The summed E-state index contributed by atoms with van der Waals surface area (Å²) in [6, 6.07) is 6.95. The molecule has 0 aliphatic heterocycles. The highest BCUT2D eigenvalue weighted by Crippen LogP contribution is 2.29. The number of phenols is 1. The van der Waals surface area contributed by atoms with Gasteiger partial charge in [-0.15, -0.1) is 0 Å². The molecule has 0 aromatic heterocycles. The van der Waals surface area contributed by atoms with E-state index in [-0.39, 0.29) is 5.75 Å². The number of phenolic OH excluding ortho intramolecular Hbond substituents is 1. The van der Waals surface area contributed by atoms with Crippen LogP contribution in [0.2, 0.25) is 0 Å². The van der Waals surface area contributed by atoms with Crippen LogP contribution in [0.25, 0.3) is 0 Å². The molecule has 2 nitrogen and oxygen atoms in total. The lowest BCUT2D eigenvalue weighted by Gasteiger charge is -2.04. The van der Waals surface area contributed by atoms with Crippen LogP contribution in [0, 0.1) is 0 Å². The largest absolute Gasteiger partial charge is 0.507 e. The van der Waals surface area contributed by atoms with Gasteiger partial charge in [0.15, 0.2) is 0 Å². The maximum atomic E-state index is 9.23. The highest BCUT2D eigenvalue weighted by molar-refractivity contribution is 7.99. The van der Waals surface area contributed by atoms with Gasteiger partial charge in [0.2, 0.25) is 0 Å². The Labute approximate surface area is 69.9 Å². The Morgan fingerprint density at radius 1 is 1.36 bits per heavy atom. The van der Waals surface area contributed by atoms with E-state index in [4.69, 9.17) is 5.11 Å². The van der Waals surface area contributed by atoms with E-state index in [1.165, 1.54) is 11.8 Å². The zero-order chi connectivity index (χ0) is 8.27. The third-order valence-corrected chi connectivity index (χ3v) is 2.10. The van der Waals surface area contributed by atoms with Crippen LogP contribution in [0.1, 0.15) is 6.92 Å². The number of aliphatic hydroxyl groups is 1. The van der Waals surface area contributed by atoms with Gasteiger partial charge >= 0.3 is 0 Å². The van der Waals surface area contributed by atoms with Gasteiger partial charge in [0.25, 0.3) is 0 Å². The van der Waals surface area contributed by atoms with Crippen molar-refractivity contribution >= 4 is 11.8 Å². The fourth-order valence-electron chi connectivity index (χ4n) is 0.741. The van der Waals surface area contributed by atoms with E-state index < -0.39 is 5.44 Å². The van der Waals surface area contributed by atoms with Crippen molar-refractivity contribution in [1.29, 1.82) is 0 Å². The Hall–Kier alpha value is -0.670. The molecule has 0 saturated heterocycles. The summed E-state index contributed by atoms with van der Waals surface area (Å²) in [5.41, 5.74) is -0.483. The SMILES string of the molecule is CC(O)Sc1ccccc1O. The van der Waals surface area contributed by atoms with E-state index in [1.54, 1.807) is 25.1 Å². The maximum absolute atomic E-state index is 9.23. The van der Waals surface area contributed by atoms with Gasteiger partial charge in [0.05, 0.1) is 4.90 Å². The summed E-state index contributed by atoms with van der Waals surface area (Å²) in [5.74, 6) is 0.221. The molecule has 1 aromatic carbocycles. The van der Waals surface area contributed by atoms with Gasteiger partial charge in [0, 0.05) is 0 Å². The minimum atomic E-state index is -0.483. The number of aromatic hydroxyl groups is 1. The third-order valence-electron chi connectivity index (χ3n) is 1.16. The van der Waals surface area contributed by atoms with Crippen molar-refractivity contribution in [2.24, 2.45) is 0 Å². The highest BCUT2D eigenvalue weighted by atomic mass is 32.2. The van der Waals surface area contributed by atoms with E-state index in [1.807, 2.05) is 6.07 Å². The predicted octanol–water partition coefficient (Wildman–Crippen LogP) is 1.82. The van der Waals surface area contributed by atoms with Gasteiger partial charge in [-0.1, -0.05) is 23.9 Å². The van der Waals surface area contributed by atoms with Gasteiger partial charge in [-0.05, 0) is 19.1 Å². The van der Waals surface area contributed by atoms with Gasteiger partial charge in [0.1, 0.15) is 11.2 Å². The van der Waals surface area contributed by atoms with Gasteiger partial charge in [-0.25, -0.2) is 0 Å². The van der Waals surface area contributed by atoms with E-state index in [2.05, 4.69) is 0 Å². The lowest BCUT2D eigenvalue weighted by molar-refractivity contribution is 0.283. The van der Waals surface area contributed by atoms with Crippen molar-refractivity contribution in [1.82, 2.24) is 0 Å². The number of thioether (sulfide) groups is 1. The van der Waals surface area contributed by atoms with E-state index in [0.717, 1.165) is 0 Å². The average Bonchev–Trinajstić information content (AvgIpc) is 1.93. The standard InChI is InChI=1S/C8H10O2S/c1-6(9)11-8-5-3-2-4-7(8)10/h2-6,9-10H,1H3. The summed E-state index contributed by atoms with van der Waals surface area (Å²) in [6.07, 6.45) is 0. The van der Waals surface area contributed by atoms with Gasteiger partial charge < -0.3 is 10.2 Å². The van der Waals surface area contributed by atoms with E-state index in [9.17, 15) is 5.11 Å².